The maximum atomic E-state index is 13.8. The average molecular weight is 374 g/mol. The van der Waals surface area contributed by atoms with Crippen LogP contribution in [0.2, 0.25) is 0 Å². The highest BCUT2D eigenvalue weighted by Crippen LogP contribution is 2.42. The van der Waals surface area contributed by atoms with E-state index in [-0.39, 0.29) is 35.6 Å². The lowest BCUT2D eigenvalue weighted by molar-refractivity contribution is -0.132. The normalized spacial score (nSPS) is 24.9. The molecule has 1 saturated carbocycles. The van der Waals surface area contributed by atoms with Crippen LogP contribution in [-0.2, 0) is 16.0 Å². The van der Waals surface area contributed by atoms with Crippen molar-refractivity contribution in [3.05, 3.63) is 42.2 Å². The van der Waals surface area contributed by atoms with Crippen LogP contribution in [0.15, 0.2) is 30.9 Å². The standard InChI is InChI=1S/C21H27FN2O3/c1-3-12-24-20(26)8-11-21(24)9-6-16(7-10-21)23-19(25)14-15-4-5-18(27-2)17(22)13-15/h3-5,13,16H,1,6-12,14H2,2H3,(H,23,25). The maximum Gasteiger partial charge on any atom is 0.224 e. The lowest BCUT2D eigenvalue weighted by Gasteiger charge is -2.43. The van der Waals surface area contributed by atoms with Crippen LogP contribution in [0.3, 0.4) is 0 Å². The molecule has 3 rings (SSSR count). The van der Waals surface area contributed by atoms with Crippen molar-refractivity contribution >= 4 is 11.8 Å². The Morgan fingerprint density at radius 2 is 2.15 bits per heavy atom. The van der Waals surface area contributed by atoms with Gasteiger partial charge >= 0.3 is 0 Å². The third-order valence-corrected chi connectivity index (χ3v) is 5.85. The molecule has 0 aromatic heterocycles. The molecule has 146 valence electrons. The molecule has 1 aliphatic heterocycles. The van der Waals surface area contributed by atoms with Gasteiger partial charge < -0.3 is 15.0 Å². The number of methoxy groups -OCH3 is 1. The highest BCUT2D eigenvalue weighted by Gasteiger charge is 2.46. The van der Waals surface area contributed by atoms with Crippen molar-refractivity contribution in [2.75, 3.05) is 13.7 Å². The van der Waals surface area contributed by atoms with Crippen molar-refractivity contribution in [3.8, 4) is 5.75 Å². The Bertz CT molecular complexity index is 726. The summed E-state index contributed by atoms with van der Waals surface area (Å²) >= 11 is 0. The highest BCUT2D eigenvalue weighted by molar-refractivity contribution is 5.80. The Labute approximate surface area is 159 Å². The molecule has 1 aromatic carbocycles. The van der Waals surface area contributed by atoms with E-state index in [9.17, 15) is 14.0 Å². The van der Waals surface area contributed by atoms with Gasteiger partial charge in [0.05, 0.1) is 13.5 Å². The van der Waals surface area contributed by atoms with Crippen LogP contribution < -0.4 is 10.1 Å². The largest absolute Gasteiger partial charge is 0.494 e. The number of hydrogen-bond donors (Lipinski definition) is 1. The van der Waals surface area contributed by atoms with Gasteiger partial charge in [-0.05, 0) is 49.8 Å². The van der Waals surface area contributed by atoms with Crippen molar-refractivity contribution in [3.63, 3.8) is 0 Å². The van der Waals surface area contributed by atoms with Crippen molar-refractivity contribution in [2.45, 2.75) is 56.5 Å². The van der Waals surface area contributed by atoms with Gasteiger partial charge in [0.1, 0.15) is 0 Å². The molecule has 1 aromatic rings. The summed E-state index contributed by atoms with van der Waals surface area (Å²) in [6.07, 6.45) is 6.92. The van der Waals surface area contributed by atoms with Crippen molar-refractivity contribution in [1.29, 1.82) is 0 Å². The van der Waals surface area contributed by atoms with E-state index in [1.54, 1.807) is 12.1 Å². The van der Waals surface area contributed by atoms with E-state index in [1.807, 2.05) is 4.90 Å². The molecule has 2 amide bonds. The molecular formula is C21H27FN2O3. The summed E-state index contributed by atoms with van der Waals surface area (Å²) in [5.74, 6) is -0.188. The lowest BCUT2D eigenvalue weighted by atomic mass is 9.77. The Balaban J connectivity index is 1.53. The summed E-state index contributed by atoms with van der Waals surface area (Å²) in [4.78, 5) is 26.4. The zero-order chi connectivity index (χ0) is 19.4. The second kappa shape index (κ2) is 8.11. The van der Waals surface area contributed by atoms with Gasteiger partial charge in [0, 0.05) is 24.5 Å². The van der Waals surface area contributed by atoms with E-state index >= 15 is 0 Å². The molecule has 0 bridgehead atoms. The Hall–Kier alpha value is -2.37. The molecule has 1 N–H and O–H groups in total. The first-order valence-corrected chi connectivity index (χ1v) is 9.50. The minimum Gasteiger partial charge on any atom is -0.494 e. The smallest absolute Gasteiger partial charge is 0.224 e. The van der Waals surface area contributed by atoms with E-state index in [1.165, 1.54) is 19.2 Å². The molecule has 1 spiro atoms. The average Bonchev–Trinajstić information content (AvgIpc) is 2.94. The number of benzene rings is 1. The fraction of sp³-hybridized carbons (Fsp3) is 0.524. The van der Waals surface area contributed by atoms with Gasteiger partial charge in [-0.15, -0.1) is 6.58 Å². The Morgan fingerprint density at radius 3 is 2.78 bits per heavy atom. The van der Waals surface area contributed by atoms with Crippen LogP contribution in [0.5, 0.6) is 5.75 Å². The molecule has 5 nitrogen and oxygen atoms in total. The quantitative estimate of drug-likeness (QED) is 0.779. The number of nitrogens with one attached hydrogen (secondary N) is 1. The number of amides is 2. The summed E-state index contributed by atoms with van der Waals surface area (Å²) in [5.41, 5.74) is 0.558. The minimum atomic E-state index is -0.462. The third kappa shape index (κ3) is 4.15. The van der Waals surface area contributed by atoms with Gasteiger partial charge in [-0.1, -0.05) is 12.1 Å². The number of halogens is 1. The fourth-order valence-electron chi connectivity index (χ4n) is 4.40. The molecule has 2 aliphatic rings. The van der Waals surface area contributed by atoms with Crippen molar-refractivity contribution in [2.24, 2.45) is 0 Å². The highest BCUT2D eigenvalue weighted by atomic mass is 19.1. The van der Waals surface area contributed by atoms with Gasteiger partial charge in [-0.3, -0.25) is 9.59 Å². The molecule has 1 heterocycles. The van der Waals surface area contributed by atoms with Crippen LogP contribution in [0.4, 0.5) is 4.39 Å². The van der Waals surface area contributed by atoms with Gasteiger partial charge in [-0.2, -0.15) is 0 Å². The molecule has 0 radical (unpaired) electrons. The SMILES string of the molecule is C=CCN1C(=O)CCC12CCC(NC(=O)Cc1ccc(OC)c(F)c1)CC2. The van der Waals surface area contributed by atoms with E-state index in [0.717, 1.165) is 32.1 Å². The molecule has 2 fully saturated rings. The summed E-state index contributed by atoms with van der Waals surface area (Å²) in [6.45, 7) is 4.36. The predicted octanol–water partition coefficient (Wildman–Crippen LogP) is 2.98. The Morgan fingerprint density at radius 1 is 1.41 bits per heavy atom. The third-order valence-electron chi connectivity index (χ3n) is 5.85. The van der Waals surface area contributed by atoms with Crippen molar-refractivity contribution < 1.29 is 18.7 Å². The first-order chi connectivity index (χ1) is 13.0. The summed E-state index contributed by atoms with van der Waals surface area (Å²) in [7, 11) is 1.41. The monoisotopic (exact) mass is 374 g/mol. The zero-order valence-electron chi connectivity index (χ0n) is 15.8. The zero-order valence-corrected chi connectivity index (χ0v) is 15.8. The van der Waals surface area contributed by atoms with E-state index < -0.39 is 5.82 Å². The van der Waals surface area contributed by atoms with Crippen LogP contribution in [0, 0.1) is 5.82 Å². The maximum absolute atomic E-state index is 13.8. The van der Waals surface area contributed by atoms with Gasteiger partial charge in [0.25, 0.3) is 0 Å². The number of likely N-dealkylation sites (tertiary alicyclic amines) is 1. The summed E-state index contributed by atoms with van der Waals surface area (Å²) < 4.78 is 18.7. The lowest BCUT2D eigenvalue weighted by Crippen LogP contribution is -2.51. The Kier molecular flexibility index (Phi) is 5.82. The predicted molar refractivity (Wildman–Crippen MR) is 101 cm³/mol. The molecule has 1 aliphatic carbocycles. The minimum absolute atomic E-state index is 0.0639. The second-order valence-corrected chi connectivity index (χ2v) is 7.50. The van der Waals surface area contributed by atoms with E-state index in [0.29, 0.717) is 18.5 Å². The van der Waals surface area contributed by atoms with Crippen LogP contribution in [0.1, 0.15) is 44.1 Å². The first kappa shape index (κ1) is 19.4. The van der Waals surface area contributed by atoms with Crippen LogP contribution in [0.25, 0.3) is 0 Å². The van der Waals surface area contributed by atoms with E-state index in [4.69, 9.17) is 4.74 Å². The number of carbonyl (C=O) groups excluding carboxylic acids is 2. The second-order valence-electron chi connectivity index (χ2n) is 7.50. The van der Waals surface area contributed by atoms with Gasteiger partial charge in [-0.25, -0.2) is 4.39 Å². The molecule has 1 saturated heterocycles. The molecule has 6 heteroatoms. The van der Waals surface area contributed by atoms with Crippen LogP contribution >= 0.6 is 0 Å². The molecule has 0 unspecified atom stereocenters. The number of ether oxygens (including phenoxy) is 1. The number of hydrogen-bond acceptors (Lipinski definition) is 3. The topological polar surface area (TPSA) is 58.6 Å². The fourth-order valence-corrected chi connectivity index (χ4v) is 4.40. The number of carbonyl (C=O) groups is 2. The van der Waals surface area contributed by atoms with E-state index in [2.05, 4.69) is 11.9 Å². The number of rotatable bonds is 6. The van der Waals surface area contributed by atoms with Crippen LogP contribution in [-0.4, -0.2) is 41.9 Å². The van der Waals surface area contributed by atoms with Gasteiger partial charge in [0.2, 0.25) is 11.8 Å². The molecular weight excluding hydrogens is 347 g/mol. The first-order valence-electron chi connectivity index (χ1n) is 9.50. The van der Waals surface area contributed by atoms with Gasteiger partial charge in [0.15, 0.2) is 11.6 Å². The summed E-state index contributed by atoms with van der Waals surface area (Å²) in [6, 6.07) is 4.68. The van der Waals surface area contributed by atoms with Crippen molar-refractivity contribution in [1.82, 2.24) is 10.2 Å². The molecule has 0 atom stereocenters. The molecule has 27 heavy (non-hydrogen) atoms. The summed E-state index contributed by atoms with van der Waals surface area (Å²) in [5, 5.41) is 3.06. The number of nitrogens with zero attached hydrogens (tertiary/aromatic N) is 1.